The number of esters is 3. The van der Waals surface area contributed by atoms with Gasteiger partial charge in [0.2, 0.25) is 0 Å². The van der Waals surface area contributed by atoms with Crippen molar-refractivity contribution in [1.82, 2.24) is 0 Å². The van der Waals surface area contributed by atoms with Crippen LogP contribution in [0.25, 0.3) is 0 Å². The van der Waals surface area contributed by atoms with Crippen molar-refractivity contribution >= 4 is 39.6 Å². The molecule has 0 aliphatic heterocycles. The summed E-state index contributed by atoms with van der Waals surface area (Å²) < 4.78 is 16.9. The van der Waals surface area contributed by atoms with Gasteiger partial charge in [0.15, 0.2) is 0 Å². The molecule has 0 N–H and O–H groups in total. The van der Waals surface area contributed by atoms with Gasteiger partial charge in [-0.3, -0.25) is 19.2 Å². The highest BCUT2D eigenvalue weighted by Gasteiger charge is 2.68. The molecule has 0 bridgehead atoms. The van der Waals surface area contributed by atoms with Crippen LogP contribution in [-0.4, -0.2) is 47.3 Å². The van der Waals surface area contributed by atoms with E-state index < -0.39 is 0 Å². The van der Waals surface area contributed by atoms with E-state index in [0.29, 0.717) is 25.9 Å². The second-order valence-electron chi connectivity index (χ2n) is 12.9. The molecule has 0 heterocycles. The first-order chi connectivity index (χ1) is 17.8. The van der Waals surface area contributed by atoms with Crippen molar-refractivity contribution in [2.45, 2.75) is 110 Å². The van der Waals surface area contributed by atoms with Crippen LogP contribution >= 0.6 is 15.9 Å². The van der Waals surface area contributed by atoms with Crippen LogP contribution in [0.3, 0.4) is 0 Å². The Hall–Kier alpha value is -1.44. The topological polar surface area (TPSA) is 96.0 Å². The third kappa shape index (κ3) is 5.08. The quantitative estimate of drug-likeness (QED) is 0.213. The van der Waals surface area contributed by atoms with Gasteiger partial charge in [-0.05, 0) is 86.9 Å². The zero-order chi connectivity index (χ0) is 28.0. The molecule has 0 spiro atoms. The Morgan fingerprint density at radius 2 is 1.68 bits per heavy atom. The van der Waals surface area contributed by atoms with Crippen molar-refractivity contribution in [3.05, 3.63) is 0 Å². The number of hydrogen-bond donors (Lipinski definition) is 0. The number of ketones is 1. The molecule has 4 rings (SSSR count). The third-order valence-electron chi connectivity index (χ3n) is 11.0. The number of rotatable bonds is 7. The maximum atomic E-state index is 14.1. The maximum absolute atomic E-state index is 14.1. The Bertz CT molecular complexity index is 951. The van der Waals surface area contributed by atoms with Crippen LogP contribution in [0.2, 0.25) is 0 Å². The molecule has 7 nitrogen and oxygen atoms in total. The van der Waals surface area contributed by atoms with Crippen molar-refractivity contribution in [1.29, 1.82) is 0 Å². The third-order valence-corrected chi connectivity index (χ3v) is 12.1. The van der Waals surface area contributed by atoms with Gasteiger partial charge in [-0.15, -0.1) is 0 Å². The Balaban J connectivity index is 1.64. The van der Waals surface area contributed by atoms with Gasteiger partial charge >= 0.3 is 17.9 Å². The molecule has 0 aromatic carbocycles. The molecular formula is C30H45BrO7. The summed E-state index contributed by atoms with van der Waals surface area (Å²) in [5.41, 5.74) is -0.446. The second-order valence-corrected chi connectivity index (χ2v) is 13.9. The van der Waals surface area contributed by atoms with E-state index in [9.17, 15) is 19.2 Å². The number of fused-ring (bicyclic) bond motifs is 5. The van der Waals surface area contributed by atoms with Gasteiger partial charge in [0.25, 0.3) is 0 Å². The number of carbonyl (C=O) groups excluding carboxylic acids is 4. The highest BCUT2D eigenvalue weighted by atomic mass is 79.9. The van der Waals surface area contributed by atoms with Crippen LogP contribution in [-0.2, 0) is 33.4 Å². The average Bonchev–Trinajstić information content (AvgIpc) is 3.20. The van der Waals surface area contributed by atoms with E-state index in [0.717, 1.165) is 32.1 Å². The van der Waals surface area contributed by atoms with Crippen LogP contribution in [0, 0.1) is 46.3 Å². The largest absolute Gasteiger partial charge is 0.466 e. The molecule has 0 amide bonds. The van der Waals surface area contributed by atoms with Gasteiger partial charge in [-0.2, -0.15) is 0 Å². The van der Waals surface area contributed by atoms with E-state index in [1.165, 1.54) is 13.8 Å². The first-order valence-corrected chi connectivity index (χ1v) is 15.4. The van der Waals surface area contributed by atoms with Gasteiger partial charge < -0.3 is 14.2 Å². The second kappa shape index (κ2) is 11.2. The summed E-state index contributed by atoms with van der Waals surface area (Å²) in [5, 5.41) is 0. The minimum Gasteiger partial charge on any atom is -0.466 e. The lowest BCUT2D eigenvalue weighted by atomic mass is 9.43. The molecule has 0 unspecified atom stereocenters. The van der Waals surface area contributed by atoms with E-state index in [4.69, 9.17) is 14.2 Å². The highest BCUT2D eigenvalue weighted by Crippen LogP contribution is 2.68. The normalized spacial score (nSPS) is 42.8. The van der Waals surface area contributed by atoms with E-state index in [-0.39, 0.29) is 87.1 Å². The summed E-state index contributed by atoms with van der Waals surface area (Å²) in [7, 11) is 0. The van der Waals surface area contributed by atoms with Crippen molar-refractivity contribution in [3.8, 4) is 0 Å². The fourth-order valence-electron chi connectivity index (χ4n) is 9.31. The molecule has 4 aliphatic carbocycles. The smallest absolute Gasteiger partial charge is 0.305 e. The Kier molecular flexibility index (Phi) is 8.71. The fraction of sp³-hybridized carbons (Fsp3) is 0.867. The minimum absolute atomic E-state index is 0.0670. The fourth-order valence-corrected chi connectivity index (χ4v) is 10.4. The zero-order valence-corrected chi connectivity index (χ0v) is 25.4. The lowest BCUT2D eigenvalue weighted by Gasteiger charge is -2.63. The molecule has 4 aliphatic rings. The van der Waals surface area contributed by atoms with Gasteiger partial charge in [0.05, 0.1) is 11.4 Å². The van der Waals surface area contributed by atoms with Crippen LogP contribution in [0.1, 0.15) is 92.9 Å². The van der Waals surface area contributed by atoms with Gasteiger partial charge in [-0.25, -0.2) is 0 Å². The van der Waals surface area contributed by atoms with Crippen LogP contribution < -0.4 is 0 Å². The van der Waals surface area contributed by atoms with E-state index in [1.807, 2.05) is 6.92 Å². The van der Waals surface area contributed by atoms with Gasteiger partial charge in [-0.1, -0.05) is 36.7 Å². The van der Waals surface area contributed by atoms with Crippen LogP contribution in [0.5, 0.6) is 0 Å². The summed E-state index contributed by atoms with van der Waals surface area (Å²) >= 11 is 3.83. The van der Waals surface area contributed by atoms with E-state index in [1.54, 1.807) is 0 Å². The molecule has 4 saturated carbocycles. The monoisotopic (exact) mass is 596 g/mol. The summed E-state index contributed by atoms with van der Waals surface area (Å²) in [6, 6.07) is 0. The van der Waals surface area contributed by atoms with Crippen molar-refractivity contribution in [2.75, 3.05) is 6.61 Å². The molecular weight excluding hydrogens is 552 g/mol. The number of halogens is 1. The van der Waals surface area contributed by atoms with Crippen LogP contribution in [0.4, 0.5) is 0 Å². The lowest BCUT2D eigenvalue weighted by molar-refractivity contribution is -0.196. The Morgan fingerprint density at radius 1 is 1.00 bits per heavy atom. The first kappa shape index (κ1) is 29.5. The van der Waals surface area contributed by atoms with Crippen molar-refractivity contribution < 1.29 is 33.4 Å². The van der Waals surface area contributed by atoms with E-state index >= 15 is 0 Å². The zero-order valence-electron chi connectivity index (χ0n) is 23.8. The molecule has 8 heteroatoms. The van der Waals surface area contributed by atoms with Gasteiger partial charge in [0.1, 0.15) is 18.0 Å². The molecule has 0 saturated heterocycles. The standard InChI is InChI=1S/C30H45BrO7/c1-7-36-25(34)11-8-16(2)20-9-10-21-26-22(15-24(30(20,21)6)38-18(4)33)29(5)13-12-19(37-17(3)32)14-23(29)27(31)28(26)35/h16,19-24,26-27H,7-15H2,1-6H3/t16-,19+,20+,21+,22-,23-,24-,26+,27+,29+,30+/m0/s1. The number of hydrogen-bond acceptors (Lipinski definition) is 7. The minimum atomic E-state index is -0.332. The van der Waals surface area contributed by atoms with Crippen molar-refractivity contribution in [3.63, 3.8) is 0 Å². The molecule has 38 heavy (non-hydrogen) atoms. The SMILES string of the molecule is CCOC(=O)CC[C@H](C)[C@H]1CC[C@@H]2[C@H]3C(=O)[C@H](Br)[C@@H]4C[C@H](OC(C)=O)CC[C@]4(C)[C@H]3C[C@H](OC(C)=O)[C@@]21C. The van der Waals surface area contributed by atoms with Crippen LogP contribution in [0.15, 0.2) is 0 Å². The summed E-state index contributed by atoms with van der Waals surface area (Å²) in [6.45, 7) is 11.9. The number of carbonyl (C=O) groups is 4. The molecule has 214 valence electrons. The van der Waals surface area contributed by atoms with Gasteiger partial charge in [0, 0.05) is 31.6 Å². The average molecular weight is 598 g/mol. The van der Waals surface area contributed by atoms with Crippen molar-refractivity contribution in [2.24, 2.45) is 46.3 Å². The number of ether oxygens (including phenoxy) is 3. The summed E-state index contributed by atoms with van der Waals surface area (Å²) in [6.07, 6.45) is 5.56. The molecule has 0 radical (unpaired) electrons. The Morgan fingerprint density at radius 3 is 2.32 bits per heavy atom. The first-order valence-electron chi connectivity index (χ1n) is 14.5. The molecule has 4 fully saturated rings. The molecule has 11 atom stereocenters. The Labute approximate surface area is 235 Å². The summed E-state index contributed by atoms with van der Waals surface area (Å²) in [5.74, 6) is 0.235. The number of Topliss-reactive ketones (excluding diaryl/α,β-unsaturated/α-hetero) is 1. The van der Waals surface area contributed by atoms with E-state index in [2.05, 4.69) is 36.7 Å². The molecule has 0 aromatic heterocycles. The lowest BCUT2D eigenvalue weighted by Crippen LogP contribution is -2.64. The summed E-state index contributed by atoms with van der Waals surface area (Å²) in [4.78, 5) is 50.0. The predicted octanol–water partition coefficient (Wildman–Crippen LogP) is 5.65. The molecule has 0 aromatic rings. The maximum Gasteiger partial charge on any atom is 0.305 e. The highest BCUT2D eigenvalue weighted by molar-refractivity contribution is 9.10. The number of alkyl halides is 1. The predicted molar refractivity (Wildman–Crippen MR) is 145 cm³/mol.